The first kappa shape index (κ1) is 20.7. The molecule has 2 bridgehead atoms. The Bertz CT molecular complexity index is 1440. The predicted molar refractivity (Wildman–Crippen MR) is 121 cm³/mol. The molecule has 1 amide bonds. The van der Waals surface area contributed by atoms with Gasteiger partial charge in [0.1, 0.15) is 11.2 Å². The number of aromatic nitrogens is 2. The van der Waals surface area contributed by atoms with Gasteiger partial charge in [-0.1, -0.05) is 16.8 Å². The predicted octanol–water partition coefficient (Wildman–Crippen LogP) is 5.67. The van der Waals surface area contributed by atoms with Crippen molar-refractivity contribution in [3.05, 3.63) is 76.8 Å². The van der Waals surface area contributed by atoms with E-state index in [9.17, 15) is 9.59 Å². The summed E-state index contributed by atoms with van der Waals surface area (Å²) in [5.41, 5.74) is 3.18. The van der Waals surface area contributed by atoms with Crippen LogP contribution in [0.4, 0.5) is 5.69 Å². The van der Waals surface area contributed by atoms with E-state index in [1.54, 1.807) is 67.6 Å². The third-order valence-corrected chi connectivity index (χ3v) is 5.22. The molecule has 8 nitrogen and oxygen atoms in total. The Balaban J connectivity index is 1.42. The van der Waals surface area contributed by atoms with Crippen LogP contribution < -0.4 is 5.32 Å². The molecule has 0 spiro atoms. The largest absolute Gasteiger partial charge is 0.462 e. The van der Waals surface area contributed by atoms with E-state index in [0.717, 1.165) is 5.56 Å². The summed E-state index contributed by atoms with van der Waals surface area (Å²) in [6, 6.07) is 16.9. The second-order valence-electron chi connectivity index (χ2n) is 7.10. The van der Waals surface area contributed by atoms with Crippen LogP contribution in [0.25, 0.3) is 34.0 Å². The van der Waals surface area contributed by atoms with Crippen molar-refractivity contribution in [1.82, 2.24) is 10.1 Å². The first-order valence-corrected chi connectivity index (χ1v) is 10.4. The average molecular weight is 462 g/mol. The van der Waals surface area contributed by atoms with Gasteiger partial charge in [0.2, 0.25) is 5.82 Å². The quantitative estimate of drug-likeness (QED) is 0.324. The van der Waals surface area contributed by atoms with Crippen LogP contribution in [-0.2, 0) is 4.74 Å². The van der Waals surface area contributed by atoms with Crippen molar-refractivity contribution in [2.24, 2.45) is 0 Å². The highest BCUT2D eigenvalue weighted by Gasteiger charge is 2.28. The molecule has 0 saturated carbocycles. The maximum Gasteiger partial charge on any atom is 0.338 e. The zero-order chi connectivity index (χ0) is 22.9. The lowest BCUT2D eigenvalue weighted by Gasteiger charge is -2.07. The molecular weight excluding hydrogens is 446 g/mol. The van der Waals surface area contributed by atoms with Gasteiger partial charge in [0.15, 0.2) is 0 Å². The fraction of sp³-hybridized carbons (Fsp3) is 0.0833. The monoisotopic (exact) mass is 461 g/mol. The summed E-state index contributed by atoms with van der Waals surface area (Å²) in [5.74, 6) is -0.306. The number of amides is 1. The van der Waals surface area contributed by atoms with E-state index in [1.807, 2.05) is 0 Å². The number of nitrogens with zero attached hydrogens (tertiary/aromatic N) is 2. The van der Waals surface area contributed by atoms with Gasteiger partial charge in [-0.05, 0) is 67.6 Å². The Hall–Kier alpha value is -4.17. The summed E-state index contributed by atoms with van der Waals surface area (Å²) in [4.78, 5) is 29.4. The molecule has 3 aromatic heterocycles. The summed E-state index contributed by atoms with van der Waals surface area (Å²) in [6.07, 6.45) is 0. The SMILES string of the molecule is CCOC(=O)c1ccc(NC(=O)c2c(-c3nc(-c4ccc(Cl)cc4)no3)c3ccc2o3)cc1. The molecule has 0 saturated heterocycles. The van der Waals surface area contributed by atoms with Crippen molar-refractivity contribution in [2.75, 3.05) is 11.9 Å². The summed E-state index contributed by atoms with van der Waals surface area (Å²) in [6.45, 7) is 2.02. The third kappa shape index (κ3) is 3.92. The van der Waals surface area contributed by atoms with Gasteiger partial charge in [0, 0.05) is 16.3 Å². The van der Waals surface area contributed by atoms with E-state index < -0.39 is 11.9 Å². The first-order chi connectivity index (χ1) is 16.0. The fourth-order valence-electron chi connectivity index (χ4n) is 3.43. The number of rotatable bonds is 6. The number of hydrogen-bond donors (Lipinski definition) is 1. The molecule has 0 unspecified atom stereocenters. The Labute approximate surface area is 192 Å². The molecule has 0 aliphatic heterocycles. The molecular formula is C24H16ClN3O5. The van der Waals surface area contributed by atoms with Crippen LogP contribution >= 0.6 is 11.6 Å². The lowest BCUT2D eigenvalue weighted by molar-refractivity contribution is 0.0526. The van der Waals surface area contributed by atoms with Gasteiger partial charge in [-0.2, -0.15) is 4.98 Å². The number of nitrogens with one attached hydrogen (secondary N) is 1. The number of esters is 1. The van der Waals surface area contributed by atoms with Crippen molar-refractivity contribution in [2.45, 2.75) is 6.92 Å². The van der Waals surface area contributed by atoms with Crippen molar-refractivity contribution in [3.8, 4) is 22.8 Å². The van der Waals surface area contributed by atoms with Gasteiger partial charge in [-0.15, -0.1) is 0 Å². The highest BCUT2D eigenvalue weighted by atomic mass is 35.5. The molecule has 0 aliphatic carbocycles. The second-order valence-corrected chi connectivity index (χ2v) is 7.53. The molecule has 0 radical (unpaired) electrons. The lowest BCUT2D eigenvalue weighted by Crippen LogP contribution is -2.13. The molecule has 5 aromatic rings. The summed E-state index contributed by atoms with van der Waals surface area (Å²) >= 11 is 5.94. The van der Waals surface area contributed by atoms with E-state index in [4.69, 9.17) is 25.3 Å². The van der Waals surface area contributed by atoms with E-state index in [-0.39, 0.29) is 18.1 Å². The second kappa shape index (κ2) is 8.40. The molecule has 164 valence electrons. The van der Waals surface area contributed by atoms with Gasteiger partial charge in [0.25, 0.3) is 11.8 Å². The highest BCUT2D eigenvalue weighted by molar-refractivity contribution is 6.30. The third-order valence-electron chi connectivity index (χ3n) is 4.97. The van der Waals surface area contributed by atoms with E-state index in [0.29, 0.717) is 38.8 Å². The average Bonchev–Trinajstić information content (AvgIpc) is 3.56. The van der Waals surface area contributed by atoms with E-state index in [2.05, 4.69) is 15.5 Å². The van der Waals surface area contributed by atoms with Gasteiger partial charge < -0.3 is 19.0 Å². The number of benzene rings is 3. The van der Waals surface area contributed by atoms with Crippen molar-refractivity contribution >= 4 is 40.3 Å². The Morgan fingerprint density at radius 2 is 1.73 bits per heavy atom. The normalized spacial score (nSPS) is 11.1. The Morgan fingerprint density at radius 1 is 1.00 bits per heavy atom. The standard InChI is InChI=1S/C24H16ClN3O5/c1-2-31-24(30)14-5-9-16(10-6-14)26-22(29)19-17-11-12-18(32-17)20(19)23-27-21(28-33-23)13-3-7-15(25)8-4-13/h3-12H,2H2,1H3,(H,26,29). The fourth-order valence-corrected chi connectivity index (χ4v) is 3.56. The van der Waals surface area contributed by atoms with Crippen molar-refractivity contribution in [1.29, 1.82) is 0 Å². The molecule has 9 heteroatoms. The topological polar surface area (TPSA) is 107 Å². The molecule has 3 heterocycles. The number of halogens is 1. The van der Waals surface area contributed by atoms with Gasteiger partial charge in [-0.3, -0.25) is 4.79 Å². The van der Waals surface area contributed by atoms with Crippen LogP contribution in [0.2, 0.25) is 5.02 Å². The molecule has 0 fully saturated rings. The van der Waals surface area contributed by atoms with Gasteiger partial charge in [0.05, 0.1) is 23.3 Å². The zero-order valence-electron chi connectivity index (χ0n) is 17.3. The van der Waals surface area contributed by atoms with E-state index in [1.165, 1.54) is 0 Å². The number of hydrogen-bond acceptors (Lipinski definition) is 7. The molecule has 5 rings (SSSR count). The number of ether oxygens (including phenoxy) is 1. The van der Waals surface area contributed by atoms with Crippen LogP contribution in [0.1, 0.15) is 27.6 Å². The summed E-state index contributed by atoms with van der Waals surface area (Å²) in [5, 5.41) is 7.43. The molecule has 0 atom stereocenters. The number of anilines is 1. The Kier molecular flexibility index (Phi) is 5.27. The molecule has 1 N–H and O–H groups in total. The minimum absolute atomic E-state index is 0.164. The first-order valence-electron chi connectivity index (χ1n) is 10.1. The number of fused-ring (bicyclic) bond motifs is 2. The van der Waals surface area contributed by atoms with Crippen molar-refractivity contribution < 1.29 is 23.3 Å². The van der Waals surface area contributed by atoms with E-state index >= 15 is 0 Å². The van der Waals surface area contributed by atoms with Gasteiger partial charge in [-0.25, -0.2) is 4.79 Å². The minimum Gasteiger partial charge on any atom is -0.462 e. The summed E-state index contributed by atoms with van der Waals surface area (Å²) in [7, 11) is 0. The maximum atomic E-state index is 13.1. The van der Waals surface area contributed by atoms with Crippen molar-refractivity contribution in [3.63, 3.8) is 0 Å². The van der Waals surface area contributed by atoms with Crippen LogP contribution in [0, 0.1) is 0 Å². The Morgan fingerprint density at radius 3 is 2.45 bits per heavy atom. The summed E-state index contributed by atoms with van der Waals surface area (Å²) < 4.78 is 16.1. The lowest BCUT2D eigenvalue weighted by atomic mass is 10.1. The number of furan rings is 2. The number of carbonyl (C=O) groups excluding carboxylic acids is 2. The highest BCUT2D eigenvalue weighted by Crippen LogP contribution is 2.37. The van der Waals surface area contributed by atoms with Crippen LogP contribution in [0.5, 0.6) is 0 Å². The van der Waals surface area contributed by atoms with Gasteiger partial charge >= 0.3 is 5.97 Å². The van der Waals surface area contributed by atoms with Crippen LogP contribution in [0.3, 0.4) is 0 Å². The van der Waals surface area contributed by atoms with Crippen LogP contribution in [-0.4, -0.2) is 28.6 Å². The smallest absolute Gasteiger partial charge is 0.338 e. The van der Waals surface area contributed by atoms with Crippen LogP contribution in [0.15, 0.2) is 69.6 Å². The number of carbonyl (C=O) groups is 2. The molecule has 0 aliphatic rings. The minimum atomic E-state index is -0.424. The molecule has 33 heavy (non-hydrogen) atoms. The zero-order valence-corrected chi connectivity index (χ0v) is 18.1. The molecule has 2 aromatic carbocycles. The maximum absolute atomic E-state index is 13.1.